The number of carbonyl (C=O) groups excluding carboxylic acids is 1. The van der Waals surface area contributed by atoms with Gasteiger partial charge in [-0.15, -0.1) is 0 Å². The van der Waals surface area contributed by atoms with E-state index in [4.69, 9.17) is 5.10 Å². The van der Waals surface area contributed by atoms with Gasteiger partial charge in [-0.2, -0.15) is 10.2 Å². The second-order valence-corrected chi connectivity index (χ2v) is 9.29. The molecule has 1 amide bonds. The Bertz CT molecular complexity index is 1260. The van der Waals surface area contributed by atoms with E-state index in [1.807, 2.05) is 9.58 Å². The topological polar surface area (TPSA) is 56.0 Å². The molecule has 0 spiro atoms. The molecular formula is C24H24F3N5O. The van der Waals surface area contributed by atoms with Gasteiger partial charge in [0.05, 0.1) is 34.9 Å². The summed E-state index contributed by atoms with van der Waals surface area (Å²) in [6.07, 6.45) is 7.83. The van der Waals surface area contributed by atoms with Crippen molar-refractivity contribution in [2.45, 2.75) is 63.6 Å². The van der Waals surface area contributed by atoms with E-state index in [-0.39, 0.29) is 23.6 Å². The molecule has 1 fully saturated rings. The molecule has 172 valence electrons. The Morgan fingerprint density at radius 3 is 2.67 bits per heavy atom. The molecule has 3 aliphatic heterocycles. The number of aryl methyl sites for hydroxylation is 2. The number of benzene rings is 1. The third-order valence-corrected chi connectivity index (χ3v) is 7.38. The quantitative estimate of drug-likeness (QED) is 0.541. The van der Waals surface area contributed by atoms with Crippen LogP contribution in [0.15, 0.2) is 18.3 Å². The molecule has 0 N–H and O–H groups in total. The molecule has 1 aromatic carbocycles. The number of fused-ring (bicyclic) bond motifs is 5. The number of carbonyl (C=O) groups is 1. The molecule has 0 radical (unpaired) electrons. The summed E-state index contributed by atoms with van der Waals surface area (Å²) >= 11 is 0. The lowest BCUT2D eigenvalue weighted by Crippen LogP contribution is -2.50. The van der Waals surface area contributed by atoms with Gasteiger partial charge in [0.25, 0.3) is 5.91 Å². The summed E-state index contributed by atoms with van der Waals surface area (Å²) in [5, 5.41) is 9.13. The van der Waals surface area contributed by atoms with Gasteiger partial charge in [-0.25, -0.2) is 13.2 Å². The van der Waals surface area contributed by atoms with E-state index in [0.717, 1.165) is 74.2 Å². The van der Waals surface area contributed by atoms with E-state index in [9.17, 15) is 18.0 Å². The predicted octanol–water partition coefficient (Wildman–Crippen LogP) is 4.33. The molecule has 2 bridgehead atoms. The van der Waals surface area contributed by atoms with Gasteiger partial charge in [0, 0.05) is 30.8 Å². The summed E-state index contributed by atoms with van der Waals surface area (Å²) in [6.45, 7) is 0.841. The van der Waals surface area contributed by atoms with Crippen LogP contribution in [0.5, 0.6) is 0 Å². The van der Waals surface area contributed by atoms with E-state index >= 15 is 0 Å². The Morgan fingerprint density at radius 1 is 1.09 bits per heavy atom. The SMILES string of the molecule is Cn1nc2c(c1-c1cc(F)c(F)c(F)c1)C[C@H]1CCC[C@@H]2N1C(=O)c1cnn2c1CCCC2. The number of rotatable bonds is 2. The third kappa shape index (κ3) is 3.04. The lowest BCUT2D eigenvalue weighted by Gasteiger charge is -2.45. The third-order valence-electron chi connectivity index (χ3n) is 7.38. The van der Waals surface area contributed by atoms with Gasteiger partial charge in [0.15, 0.2) is 17.5 Å². The van der Waals surface area contributed by atoms with E-state index in [2.05, 4.69) is 5.10 Å². The molecule has 9 heteroatoms. The van der Waals surface area contributed by atoms with Crippen molar-refractivity contribution < 1.29 is 18.0 Å². The van der Waals surface area contributed by atoms with Crippen molar-refractivity contribution in [3.63, 3.8) is 0 Å². The van der Waals surface area contributed by atoms with Crippen LogP contribution in [0, 0.1) is 17.5 Å². The van der Waals surface area contributed by atoms with Crippen molar-refractivity contribution in [1.82, 2.24) is 24.5 Å². The average Bonchev–Trinajstić information content (AvgIpc) is 3.37. The molecule has 2 atom stereocenters. The van der Waals surface area contributed by atoms with Gasteiger partial charge in [-0.05, 0) is 57.1 Å². The Labute approximate surface area is 189 Å². The Morgan fingerprint density at radius 2 is 1.88 bits per heavy atom. The number of halogens is 3. The van der Waals surface area contributed by atoms with Gasteiger partial charge in [0.1, 0.15) is 0 Å². The van der Waals surface area contributed by atoms with Crippen LogP contribution in [0.3, 0.4) is 0 Å². The van der Waals surface area contributed by atoms with Crippen LogP contribution in [-0.2, 0) is 26.4 Å². The van der Waals surface area contributed by atoms with Crippen LogP contribution in [0.25, 0.3) is 11.3 Å². The van der Waals surface area contributed by atoms with Crippen LogP contribution in [0.1, 0.15) is 65.5 Å². The van der Waals surface area contributed by atoms with Gasteiger partial charge in [-0.1, -0.05) is 0 Å². The van der Waals surface area contributed by atoms with Crippen molar-refractivity contribution >= 4 is 5.91 Å². The molecule has 3 aliphatic rings. The van der Waals surface area contributed by atoms with E-state index in [1.54, 1.807) is 17.9 Å². The highest BCUT2D eigenvalue weighted by Gasteiger charge is 2.44. The summed E-state index contributed by atoms with van der Waals surface area (Å²) in [4.78, 5) is 15.7. The fourth-order valence-electron chi connectivity index (χ4n) is 5.94. The summed E-state index contributed by atoms with van der Waals surface area (Å²) in [5.41, 5.74) is 4.17. The maximum atomic E-state index is 14.0. The Kier molecular flexibility index (Phi) is 4.64. The lowest BCUT2D eigenvalue weighted by molar-refractivity contribution is 0.0390. The second-order valence-electron chi connectivity index (χ2n) is 9.29. The molecule has 33 heavy (non-hydrogen) atoms. The van der Waals surface area contributed by atoms with Crippen LogP contribution in [-0.4, -0.2) is 36.4 Å². The molecule has 5 heterocycles. The van der Waals surface area contributed by atoms with Gasteiger partial charge in [0.2, 0.25) is 0 Å². The van der Waals surface area contributed by atoms with Crippen molar-refractivity contribution in [2.24, 2.45) is 7.05 Å². The molecule has 6 nitrogen and oxygen atoms in total. The standard InChI is InChI=1S/C24H24F3N5O/c1-30-23(13-9-17(25)21(27)18(26)10-13)15-11-14-5-4-7-20(22(15)29-30)32(14)24(33)16-12-28-31-8-3-2-6-19(16)31/h9-10,12,14,20H,2-8,11H2,1H3/t14-,20+/m1/s1. The molecule has 0 unspecified atom stereocenters. The largest absolute Gasteiger partial charge is 0.327 e. The number of aromatic nitrogens is 4. The Hall–Kier alpha value is -3.10. The van der Waals surface area contributed by atoms with Crippen molar-refractivity contribution in [3.8, 4) is 11.3 Å². The van der Waals surface area contributed by atoms with Crippen molar-refractivity contribution in [2.75, 3.05) is 0 Å². The molecule has 0 aliphatic carbocycles. The highest BCUT2D eigenvalue weighted by Crippen LogP contribution is 2.45. The van der Waals surface area contributed by atoms with Crippen LogP contribution in [0.4, 0.5) is 13.2 Å². The molecule has 6 rings (SSSR count). The van der Waals surface area contributed by atoms with Crippen LogP contribution >= 0.6 is 0 Å². The van der Waals surface area contributed by atoms with Crippen molar-refractivity contribution in [3.05, 3.63) is 58.3 Å². The normalized spacial score (nSPS) is 21.6. The monoisotopic (exact) mass is 455 g/mol. The summed E-state index contributed by atoms with van der Waals surface area (Å²) in [6, 6.07) is 1.81. The van der Waals surface area contributed by atoms with Gasteiger partial charge >= 0.3 is 0 Å². The predicted molar refractivity (Wildman–Crippen MR) is 114 cm³/mol. The zero-order chi connectivity index (χ0) is 22.9. The van der Waals surface area contributed by atoms with Crippen LogP contribution in [0.2, 0.25) is 0 Å². The smallest absolute Gasteiger partial charge is 0.258 e. The number of nitrogens with zero attached hydrogens (tertiary/aromatic N) is 5. The minimum atomic E-state index is -1.48. The maximum Gasteiger partial charge on any atom is 0.258 e. The maximum absolute atomic E-state index is 14.0. The Balaban J connectivity index is 1.42. The van der Waals surface area contributed by atoms with E-state index in [1.165, 1.54) is 0 Å². The minimum Gasteiger partial charge on any atom is -0.327 e. The highest BCUT2D eigenvalue weighted by molar-refractivity contribution is 5.96. The summed E-state index contributed by atoms with van der Waals surface area (Å²) in [7, 11) is 1.72. The highest BCUT2D eigenvalue weighted by atomic mass is 19.2. The minimum absolute atomic E-state index is 0.00965. The number of amides is 1. The molecule has 3 aromatic rings. The van der Waals surface area contributed by atoms with Gasteiger partial charge in [-0.3, -0.25) is 14.2 Å². The molecule has 0 saturated carbocycles. The summed E-state index contributed by atoms with van der Waals surface area (Å²) < 4.78 is 45.1. The average molecular weight is 455 g/mol. The fraction of sp³-hybridized carbons (Fsp3) is 0.458. The fourth-order valence-corrected chi connectivity index (χ4v) is 5.94. The lowest BCUT2D eigenvalue weighted by atomic mass is 9.81. The molecule has 1 saturated heterocycles. The first-order chi connectivity index (χ1) is 15.9. The molecular weight excluding hydrogens is 431 g/mol. The number of hydrogen-bond donors (Lipinski definition) is 0. The first-order valence-electron chi connectivity index (χ1n) is 11.5. The van der Waals surface area contributed by atoms with Crippen LogP contribution < -0.4 is 0 Å². The van der Waals surface area contributed by atoms with Gasteiger partial charge < -0.3 is 4.90 Å². The molecule has 2 aromatic heterocycles. The van der Waals surface area contributed by atoms with Crippen molar-refractivity contribution in [1.29, 1.82) is 0 Å². The van der Waals surface area contributed by atoms with E-state index in [0.29, 0.717) is 17.7 Å². The first-order valence-corrected chi connectivity index (χ1v) is 11.5. The second kappa shape index (κ2) is 7.46. The first kappa shape index (κ1) is 20.5. The number of hydrogen-bond acceptors (Lipinski definition) is 3. The zero-order valence-corrected chi connectivity index (χ0v) is 18.3. The summed E-state index contributed by atoms with van der Waals surface area (Å²) in [5.74, 6) is -3.94. The number of piperidine rings is 1. The zero-order valence-electron chi connectivity index (χ0n) is 18.3. The van der Waals surface area contributed by atoms with E-state index < -0.39 is 17.5 Å².